The molecule has 0 radical (unpaired) electrons. The van der Waals surface area contributed by atoms with Gasteiger partial charge in [0.05, 0.1) is 0 Å². The predicted octanol–water partition coefficient (Wildman–Crippen LogP) is 0.917. The Morgan fingerprint density at radius 2 is 1.71 bits per heavy atom. The Balaban J connectivity index is 1.28. The van der Waals surface area contributed by atoms with Crippen molar-refractivity contribution >= 4 is 0 Å². The summed E-state index contributed by atoms with van der Waals surface area (Å²) in [5.41, 5.74) is 0. The lowest BCUT2D eigenvalue weighted by Gasteiger charge is -2.27. The largest absolute Gasteiger partial charge is 0.315 e. The molecule has 3 fully saturated rings. The van der Waals surface area contributed by atoms with Gasteiger partial charge in [-0.3, -0.25) is 4.90 Å². The van der Waals surface area contributed by atoms with Crippen LogP contribution in [-0.2, 0) is 0 Å². The van der Waals surface area contributed by atoms with Crippen LogP contribution < -0.4 is 10.6 Å². The highest BCUT2D eigenvalue weighted by atomic mass is 15.2. The van der Waals surface area contributed by atoms with Gasteiger partial charge in [-0.1, -0.05) is 0 Å². The standard InChI is InChI=1S/C14H27N3/c1-2-12(1)14(13-3-4-13)11-16-7-10-17-8-5-15-6-9-17/h12-16H,1-11H2. The number of rotatable bonds is 7. The van der Waals surface area contributed by atoms with Crippen LogP contribution in [0.3, 0.4) is 0 Å². The van der Waals surface area contributed by atoms with Gasteiger partial charge in [-0.15, -0.1) is 0 Å². The molecule has 1 aliphatic heterocycles. The second-order valence-electron chi connectivity index (χ2n) is 6.13. The lowest BCUT2D eigenvalue weighted by molar-refractivity contribution is 0.237. The first kappa shape index (κ1) is 11.9. The van der Waals surface area contributed by atoms with Crippen molar-refractivity contribution in [3.05, 3.63) is 0 Å². The third kappa shape index (κ3) is 3.67. The quantitative estimate of drug-likeness (QED) is 0.645. The van der Waals surface area contributed by atoms with E-state index in [2.05, 4.69) is 15.5 Å². The fraction of sp³-hybridized carbons (Fsp3) is 1.00. The van der Waals surface area contributed by atoms with Crippen LogP contribution in [0.25, 0.3) is 0 Å². The second-order valence-corrected chi connectivity index (χ2v) is 6.13. The van der Waals surface area contributed by atoms with E-state index in [4.69, 9.17) is 0 Å². The van der Waals surface area contributed by atoms with Crippen molar-refractivity contribution in [2.75, 3.05) is 45.8 Å². The molecule has 3 aliphatic rings. The Labute approximate surface area is 105 Å². The summed E-state index contributed by atoms with van der Waals surface area (Å²) in [5.74, 6) is 3.21. The Hall–Kier alpha value is -0.120. The summed E-state index contributed by atoms with van der Waals surface area (Å²) >= 11 is 0. The van der Waals surface area contributed by atoms with E-state index in [0.29, 0.717) is 0 Å². The monoisotopic (exact) mass is 237 g/mol. The third-order valence-corrected chi connectivity index (χ3v) is 4.65. The van der Waals surface area contributed by atoms with Gasteiger partial charge in [0.2, 0.25) is 0 Å². The molecular weight excluding hydrogens is 210 g/mol. The summed E-state index contributed by atoms with van der Waals surface area (Å²) in [4.78, 5) is 2.58. The highest BCUT2D eigenvalue weighted by Gasteiger charge is 2.40. The van der Waals surface area contributed by atoms with Crippen molar-refractivity contribution in [1.82, 2.24) is 15.5 Å². The normalized spacial score (nSPS) is 26.6. The molecular formula is C14H27N3. The summed E-state index contributed by atoms with van der Waals surface area (Å²) in [6.07, 6.45) is 6.06. The predicted molar refractivity (Wildman–Crippen MR) is 71.1 cm³/mol. The zero-order chi connectivity index (χ0) is 11.5. The molecule has 0 bridgehead atoms. The molecule has 0 aromatic carbocycles. The molecule has 3 nitrogen and oxygen atoms in total. The van der Waals surface area contributed by atoms with Crippen LogP contribution >= 0.6 is 0 Å². The van der Waals surface area contributed by atoms with Gasteiger partial charge in [0, 0.05) is 39.3 Å². The number of nitrogens with one attached hydrogen (secondary N) is 2. The maximum Gasteiger partial charge on any atom is 0.0108 e. The third-order valence-electron chi connectivity index (χ3n) is 4.65. The first-order valence-electron chi connectivity index (χ1n) is 7.57. The summed E-state index contributed by atoms with van der Waals surface area (Å²) in [5, 5.41) is 7.12. The molecule has 3 rings (SSSR count). The molecule has 0 atom stereocenters. The molecule has 0 aromatic rings. The average Bonchev–Trinajstić information content (AvgIpc) is 3.24. The second kappa shape index (κ2) is 5.68. The van der Waals surface area contributed by atoms with E-state index >= 15 is 0 Å². The number of nitrogens with zero attached hydrogens (tertiary/aromatic N) is 1. The molecule has 3 heteroatoms. The average molecular weight is 237 g/mol. The van der Waals surface area contributed by atoms with Crippen LogP contribution in [0.5, 0.6) is 0 Å². The molecule has 0 spiro atoms. The van der Waals surface area contributed by atoms with Crippen molar-refractivity contribution in [3.63, 3.8) is 0 Å². The van der Waals surface area contributed by atoms with Gasteiger partial charge in [0.1, 0.15) is 0 Å². The van der Waals surface area contributed by atoms with Crippen molar-refractivity contribution in [2.24, 2.45) is 17.8 Å². The SMILES string of the molecule is C1CN(CCNCC(C2CC2)C2CC2)CCN1. The Kier molecular flexibility index (Phi) is 3.99. The van der Waals surface area contributed by atoms with Crippen molar-refractivity contribution < 1.29 is 0 Å². The van der Waals surface area contributed by atoms with Gasteiger partial charge in [-0.05, 0) is 50.0 Å². The maximum absolute atomic E-state index is 3.71. The number of hydrogen-bond acceptors (Lipinski definition) is 3. The van der Waals surface area contributed by atoms with E-state index in [0.717, 1.165) is 17.8 Å². The molecule has 1 heterocycles. The molecule has 98 valence electrons. The Bertz CT molecular complexity index is 218. The fourth-order valence-corrected chi connectivity index (χ4v) is 3.21. The zero-order valence-electron chi connectivity index (χ0n) is 11.0. The first-order chi connectivity index (χ1) is 8.43. The van der Waals surface area contributed by atoms with E-state index in [1.165, 1.54) is 71.5 Å². The molecule has 2 N–H and O–H groups in total. The van der Waals surface area contributed by atoms with Gasteiger partial charge in [-0.2, -0.15) is 0 Å². The Morgan fingerprint density at radius 3 is 2.29 bits per heavy atom. The summed E-state index contributed by atoms with van der Waals surface area (Å²) < 4.78 is 0. The van der Waals surface area contributed by atoms with Crippen LogP contribution in [0.4, 0.5) is 0 Å². The van der Waals surface area contributed by atoms with Gasteiger partial charge in [0.25, 0.3) is 0 Å². The van der Waals surface area contributed by atoms with Gasteiger partial charge < -0.3 is 10.6 Å². The first-order valence-corrected chi connectivity index (χ1v) is 7.57. The molecule has 17 heavy (non-hydrogen) atoms. The minimum atomic E-state index is 1.03. The molecule has 0 unspecified atom stereocenters. The van der Waals surface area contributed by atoms with Crippen LogP contribution in [0.1, 0.15) is 25.7 Å². The Morgan fingerprint density at radius 1 is 1.06 bits per heavy atom. The van der Waals surface area contributed by atoms with Gasteiger partial charge in [-0.25, -0.2) is 0 Å². The van der Waals surface area contributed by atoms with E-state index in [-0.39, 0.29) is 0 Å². The van der Waals surface area contributed by atoms with Crippen LogP contribution in [0.2, 0.25) is 0 Å². The fourth-order valence-electron chi connectivity index (χ4n) is 3.21. The number of hydrogen-bond donors (Lipinski definition) is 2. The van der Waals surface area contributed by atoms with Crippen molar-refractivity contribution in [2.45, 2.75) is 25.7 Å². The van der Waals surface area contributed by atoms with Crippen LogP contribution in [0, 0.1) is 17.8 Å². The minimum Gasteiger partial charge on any atom is -0.315 e. The van der Waals surface area contributed by atoms with Gasteiger partial charge >= 0.3 is 0 Å². The molecule has 0 aromatic heterocycles. The van der Waals surface area contributed by atoms with Crippen LogP contribution in [-0.4, -0.2) is 50.7 Å². The van der Waals surface area contributed by atoms with E-state index in [9.17, 15) is 0 Å². The summed E-state index contributed by atoms with van der Waals surface area (Å²) in [6, 6.07) is 0. The number of piperazine rings is 1. The van der Waals surface area contributed by atoms with Crippen molar-refractivity contribution in [3.8, 4) is 0 Å². The molecule has 0 amide bonds. The molecule has 2 aliphatic carbocycles. The van der Waals surface area contributed by atoms with Crippen molar-refractivity contribution in [1.29, 1.82) is 0 Å². The molecule has 2 saturated carbocycles. The van der Waals surface area contributed by atoms with E-state index in [1.54, 1.807) is 0 Å². The minimum absolute atomic E-state index is 1.03. The van der Waals surface area contributed by atoms with E-state index < -0.39 is 0 Å². The summed E-state index contributed by atoms with van der Waals surface area (Å²) in [6.45, 7) is 8.54. The van der Waals surface area contributed by atoms with Crippen LogP contribution in [0.15, 0.2) is 0 Å². The topological polar surface area (TPSA) is 27.3 Å². The summed E-state index contributed by atoms with van der Waals surface area (Å²) in [7, 11) is 0. The highest BCUT2D eigenvalue weighted by molar-refractivity contribution is 4.92. The van der Waals surface area contributed by atoms with Gasteiger partial charge in [0.15, 0.2) is 0 Å². The van der Waals surface area contributed by atoms with E-state index in [1.807, 2.05) is 0 Å². The lowest BCUT2D eigenvalue weighted by Crippen LogP contribution is -2.46. The highest BCUT2D eigenvalue weighted by Crippen LogP contribution is 2.48. The lowest BCUT2D eigenvalue weighted by atomic mass is 9.98. The zero-order valence-corrected chi connectivity index (χ0v) is 11.0. The molecule has 1 saturated heterocycles. The maximum atomic E-state index is 3.71. The smallest absolute Gasteiger partial charge is 0.0108 e.